The molecule has 1 N–H and O–H groups in total. The second-order valence-corrected chi connectivity index (χ2v) is 4.11. The van der Waals surface area contributed by atoms with Crippen LogP contribution in [-0.4, -0.2) is 23.0 Å². The molecule has 0 aromatic heterocycles. The quantitative estimate of drug-likeness (QED) is 0.576. The number of aliphatic hydroxyl groups excluding tert-OH is 1. The fraction of sp³-hybridized carbons (Fsp3) is 0.667. The number of esters is 1. The van der Waals surface area contributed by atoms with Crippen LogP contribution in [0.4, 0.5) is 0 Å². The highest BCUT2D eigenvalue weighted by atomic mass is 16.5. The van der Waals surface area contributed by atoms with Crippen LogP contribution in [0.1, 0.15) is 39.5 Å². The van der Waals surface area contributed by atoms with Crippen LogP contribution in [-0.2, 0) is 14.3 Å². The first kappa shape index (κ1) is 12.7. The van der Waals surface area contributed by atoms with E-state index in [0.717, 1.165) is 25.3 Å². The maximum absolute atomic E-state index is 11.8. The fourth-order valence-corrected chi connectivity index (χ4v) is 1.87. The monoisotopic (exact) mass is 226 g/mol. The molecule has 16 heavy (non-hydrogen) atoms. The zero-order valence-corrected chi connectivity index (χ0v) is 9.73. The normalized spacial score (nSPS) is 24.9. The zero-order chi connectivity index (χ0) is 12.1. The van der Waals surface area contributed by atoms with Crippen LogP contribution >= 0.6 is 0 Å². The minimum absolute atomic E-state index is 0.0535. The molecule has 0 saturated carbocycles. The lowest BCUT2D eigenvalue weighted by atomic mass is 9.91. The van der Waals surface area contributed by atoms with Crippen molar-refractivity contribution < 1.29 is 19.4 Å². The van der Waals surface area contributed by atoms with Crippen molar-refractivity contribution >= 4 is 11.8 Å². The first-order chi connectivity index (χ1) is 7.56. The molecule has 0 fully saturated rings. The summed E-state index contributed by atoms with van der Waals surface area (Å²) in [5.74, 6) is -1.47. The molecular formula is C12H18O4. The van der Waals surface area contributed by atoms with Gasteiger partial charge in [0.1, 0.15) is 23.6 Å². The van der Waals surface area contributed by atoms with Crippen LogP contribution in [0.5, 0.6) is 0 Å². The van der Waals surface area contributed by atoms with Gasteiger partial charge in [-0.05, 0) is 13.3 Å². The Hall–Kier alpha value is -1.32. The highest BCUT2D eigenvalue weighted by Crippen LogP contribution is 2.24. The minimum atomic E-state index is -0.672. The molecule has 1 aliphatic rings. The van der Waals surface area contributed by atoms with E-state index in [9.17, 15) is 14.7 Å². The van der Waals surface area contributed by atoms with Gasteiger partial charge in [-0.1, -0.05) is 19.8 Å². The number of carbonyl (C=O) groups excluding carboxylic acids is 2. The van der Waals surface area contributed by atoms with E-state index in [1.165, 1.54) is 0 Å². The number of aliphatic hydroxyl groups is 1. The molecule has 1 aliphatic heterocycles. The van der Waals surface area contributed by atoms with Gasteiger partial charge in [0.2, 0.25) is 0 Å². The van der Waals surface area contributed by atoms with Gasteiger partial charge in [0.15, 0.2) is 0 Å². The highest BCUT2D eigenvalue weighted by molar-refractivity contribution is 5.90. The van der Waals surface area contributed by atoms with Gasteiger partial charge in [0.25, 0.3) is 0 Å². The Morgan fingerprint density at radius 3 is 2.75 bits per heavy atom. The summed E-state index contributed by atoms with van der Waals surface area (Å²) in [6, 6.07) is 0. The lowest BCUT2D eigenvalue weighted by Gasteiger charge is -2.25. The fourth-order valence-electron chi connectivity index (χ4n) is 1.87. The topological polar surface area (TPSA) is 63.6 Å². The molecule has 0 bridgehead atoms. The number of cyclic esters (lactones) is 1. The van der Waals surface area contributed by atoms with Crippen molar-refractivity contribution in [2.75, 3.05) is 0 Å². The van der Waals surface area contributed by atoms with Gasteiger partial charge >= 0.3 is 5.97 Å². The first-order valence-corrected chi connectivity index (χ1v) is 5.70. The molecule has 2 unspecified atom stereocenters. The van der Waals surface area contributed by atoms with Gasteiger partial charge in [-0.2, -0.15) is 0 Å². The Balaban J connectivity index is 2.60. The maximum atomic E-state index is 11.8. The van der Waals surface area contributed by atoms with Crippen LogP contribution in [0.3, 0.4) is 0 Å². The summed E-state index contributed by atoms with van der Waals surface area (Å²) in [5.41, 5.74) is 0. The average Bonchev–Trinajstić information content (AvgIpc) is 2.16. The molecule has 1 heterocycles. The molecule has 4 heteroatoms. The number of ketones is 1. The molecule has 0 spiro atoms. The molecule has 0 aromatic rings. The molecule has 2 atom stereocenters. The molecule has 0 aromatic carbocycles. The van der Waals surface area contributed by atoms with Crippen LogP contribution in [0, 0.1) is 5.92 Å². The largest absolute Gasteiger partial charge is 0.511 e. The van der Waals surface area contributed by atoms with Crippen LogP contribution in [0.15, 0.2) is 11.8 Å². The SMILES string of the molecule is CCCCCC(=O)C1C(O)=CC(=O)OC1C. The predicted octanol–water partition coefficient (Wildman–Crippen LogP) is 2.14. The van der Waals surface area contributed by atoms with Gasteiger partial charge in [-0.3, -0.25) is 4.79 Å². The van der Waals surface area contributed by atoms with E-state index in [0.29, 0.717) is 6.42 Å². The number of unbranched alkanes of at least 4 members (excludes halogenated alkanes) is 2. The van der Waals surface area contributed by atoms with Crippen molar-refractivity contribution in [2.45, 2.75) is 45.6 Å². The third kappa shape index (κ3) is 3.08. The Morgan fingerprint density at radius 2 is 2.19 bits per heavy atom. The van der Waals surface area contributed by atoms with Crippen LogP contribution < -0.4 is 0 Å². The average molecular weight is 226 g/mol. The maximum Gasteiger partial charge on any atom is 0.334 e. The lowest BCUT2D eigenvalue weighted by Crippen LogP contribution is -2.35. The van der Waals surface area contributed by atoms with E-state index in [1.54, 1.807) is 6.92 Å². The zero-order valence-electron chi connectivity index (χ0n) is 9.73. The standard InChI is InChI=1S/C12H18O4/c1-3-4-5-6-9(13)12-8(2)16-11(15)7-10(12)14/h7-8,12,14H,3-6H2,1-2H3. The number of ether oxygens (including phenoxy) is 1. The van der Waals surface area contributed by atoms with Gasteiger partial charge in [-0.15, -0.1) is 0 Å². The summed E-state index contributed by atoms with van der Waals surface area (Å²) in [6.45, 7) is 3.69. The summed E-state index contributed by atoms with van der Waals surface area (Å²) < 4.78 is 4.90. The van der Waals surface area contributed by atoms with E-state index < -0.39 is 18.0 Å². The van der Waals surface area contributed by atoms with Crippen molar-refractivity contribution in [1.82, 2.24) is 0 Å². The molecular weight excluding hydrogens is 208 g/mol. The number of Topliss-reactive ketones (excluding diaryl/α,β-unsaturated/α-hetero) is 1. The number of hydrogen-bond donors (Lipinski definition) is 1. The number of carbonyl (C=O) groups is 2. The predicted molar refractivity (Wildman–Crippen MR) is 58.9 cm³/mol. The van der Waals surface area contributed by atoms with Crippen LogP contribution in [0.2, 0.25) is 0 Å². The van der Waals surface area contributed by atoms with Gasteiger partial charge in [0, 0.05) is 6.42 Å². The van der Waals surface area contributed by atoms with E-state index in [2.05, 4.69) is 6.92 Å². The van der Waals surface area contributed by atoms with Crippen molar-refractivity contribution in [3.8, 4) is 0 Å². The van der Waals surface area contributed by atoms with Gasteiger partial charge in [-0.25, -0.2) is 4.79 Å². The van der Waals surface area contributed by atoms with Crippen molar-refractivity contribution in [1.29, 1.82) is 0 Å². The number of hydrogen-bond acceptors (Lipinski definition) is 4. The molecule has 0 saturated heterocycles. The summed E-state index contributed by atoms with van der Waals surface area (Å²) in [4.78, 5) is 22.8. The highest BCUT2D eigenvalue weighted by Gasteiger charge is 2.34. The summed E-state index contributed by atoms with van der Waals surface area (Å²) in [5, 5.41) is 9.58. The Labute approximate surface area is 95.3 Å². The second kappa shape index (κ2) is 5.68. The molecule has 1 rings (SSSR count). The second-order valence-electron chi connectivity index (χ2n) is 4.11. The summed E-state index contributed by atoms with van der Waals surface area (Å²) >= 11 is 0. The first-order valence-electron chi connectivity index (χ1n) is 5.70. The molecule has 4 nitrogen and oxygen atoms in total. The van der Waals surface area contributed by atoms with E-state index in [-0.39, 0.29) is 11.5 Å². The Morgan fingerprint density at radius 1 is 1.50 bits per heavy atom. The van der Waals surface area contributed by atoms with E-state index >= 15 is 0 Å². The molecule has 0 radical (unpaired) electrons. The summed E-state index contributed by atoms with van der Waals surface area (Å²) in [7, 11) is 0. The number of rotatable bonds is 5. The van der Waals surface area contributed by atoms with Crippen molar-refractivity contribution in [3.05, 3.63) is 11.8 Å². The minimum Gasteiger partial charge on any atom is -0.511 e. The smallest absolute Gasteiger partial charge is 0.334 e. The lowest BCUT2D eigenvalue weighted by molar-refractivity contribution is -0.149. The third-order valence-corrected chi connectivity index (χ3v) is 2.73. The third-order valence-electron chi connectivity index (χ3n) is 2.73. The Kier molecular flexibility index (Phi) is 4.52. The van der Waals surface area contributed by atoms with Crippen LogP contribution in [0.25, 0.3) is 0 Å². The van der Waals surface area contributed by atoms with Gasteiger partial charge < -0.3 is 9.84 Å². The summed E-state index contributed by atoms with van der Waals surface area (Å²) in [6.07, 6.45) is 3.72. The van der Waals surface area contributed by atoms with Crippen molar-refractivity contribution in [2.24, 2.45) is 5.92 Å². The van der Waals surface area contributed by atoms with Crippen molar-refractivity contribution in [3.63, 3.8) is 0 Å². The molecule has 0 aliphatic carbocycles. The molecule has 0 amide bonds. The molecule has 90 valence electrons. The van der Waals surface area contributed by atoms with E-state index in [1.807, 2.05) is 0 Å². The Bertz CT molecular complexity index is 306. The van der Waals surface area contributed by atoms with E-state index in [4.69, 9.17) is 4.74 Å². The van der Waals surface area contributed by atoms with Gasteiger partial charge in [0.05, 0.1) is 6.08 Å².